The first-order chi connectivity index (χ1) is 12.0. The van der Waals surface area contributed by atoms with Crippen molar-refractivity contribution in [2.24, 2.45) is 0 Å². The molecule has 1 fully saturated rings. The van der Waals surface area contributed by atoms with E-state index < -0.39 is 10.0 Å². The molecule has 1 aliphatic rings. The van der Waals surface area contributed by atoms with E-state index in [1.54, 1.807) is 11.3 Å². The molecule has 0 saturated carbocycles. The number of anilines is 2. The first kappa shape index (κ1) is 18.2. The molecule has 25 heavy (non-hydrogen) atoms. The van der Waals surface area contributed by atoms with Gasteiger partial charge in [-0.3, -0.25) is 4.31 Å². The molecule has 136 valence electrons. The van der Waals surface area contributed by atoms with Crippen LogP contribution in [0.25, 0.3) is 11.3 Å². The maximum Gasteiger partial charge on any atom is 0.232 e. The Morgan fingerprint density at radius 2 is 2.12 bits per heavy atom. The van der Waals surface area contributed by atoms with Crippen LogP contribution in [0.3, 0.4) is 0 Å². The fraction of sp³-hybridized carbons (Fsp3) is 0.471. The van der Waals surface area contributed by atoms with Gasteiger partial charge >= 0.3 is 0 Å². The zero-order valence-electron chi connectivity index (χ0n) is 14.4. The van der Waals surface area contributed by atoms with Crippen molar-refractivity contribution in [3.63, 3.8) is 0 Å². The van der Waals surface area contributed by atoms with Crippen molar-refractivity contribution in [3.8, 4) is 11.3 Å². The summed E-state index contributed by atoms with van der Waals surface area (Å²) in [5, 5.41) is 6.21. The highest BCUT2D eigenvalue weighted by Gasteiger charge is 2.17. The second kappa shape index (κ2) is 7.72. The van der Waals surface area contributed by atoms with E-state index in [1.165, 1.54) is 10.6 Å². The number of ether oxygens (including phenoxy) is 1. The van der Waals surface area contributed by atoms with Gasteiger partial charge in [-0.15, -0.1) is 11.3 Å². The van der Waals surface area contributed by atoms with Crippen molar-refractivity contribution in [2.75, 3.05) is 35.6 Å². The molecule has 0 radical (unpaired) electrons. The minimum atomic E-state index is -3.26. The van der Waals surface area contributed by atoms with Gasteiger partial charge in [0.05, 0.1) is 23.7 Å². The number of nitrogens with zero attached hydrogens (tertiary/aromatic N) is 2. The van der Waals surface area contributed by atoms with E-state index in [9.17, 15) is 8.42 Å². The number of hydrogen-bond donors (Lipinski definition) is 1. The average molecular weight is 382 g/mol. The molecule has 1 atom stereocenters. The molecule has 1 aromatic carbocycles. The maximum absolute atomic E-state index is 11.8. The Balaban J connectivity index is 1.68. The molecule has 1 aliphatic heterocycles. The van der Waals surface area contributed by atoms with E-state index in [0.717, 1.165) is 42.4 Å². The molecular formula is C17H23N3O3S2. The molecule has 1 N–H and O–H groups in total. The second-order valence-corrected chi connectivity index (χ2v) is 8.79. The Hall–Kier alpha value is -1.64. The summed E-state index contributed by atoms with van der Waals surface area (Å²) in [6.07, 6.45) is 3.73. The highest BCUT2D eigenvalue weighted by molar-refractivity contribution is 7.92. The lowest BCUT2D eigenvalue weighted by molar-refractivity contribution is 0.120. The second-order valence-electron chi connectivity index (χ2n) is 6.03. The van der Waals surface area contributed by atoms with Crippen LogP contribution < -0.4 is 9.62 Å². The van der Waals surface area contributed by atoms with Crippen LogP contribution in [0, 0.1) is 0 Å². The number of benzene rings is 1. The van der Waals surface area contributed by atoms with Gasteiger partial charge in [0.2, 0.25) is 10.0 Å². The molecule has 3 rings (SSSR count). The normalized spacial score (nSPS) is 17.6. The smallest absolute Gasteiger partial charge is 0.232 e. The average Bonchev–Trinajstić information content (AvgIpc) is 3.25. The Kier molecular flexibility index (Phi) is 5.61. The Bertz CT molecular complexity index is 797. The molecule has 2 aromatic rings. The summed E-state index contributed by atoms with van der Waals surface area (Å²) in [7, 11) is -3.26. The standard InChI is InChI=1S/C17H23N3O3S2/c1-3-20(25(2,21)22)14-8-6-13(7-9-14)16-12-24-17(19-16)18-11-15-5-4-10-23-15/h6-9,12,15H,3-5,10-11H2,1-2H3,(H,18,19)/t15-/m1/s1. The maximum atomic E-state index is 11.8. The quantitative estimate of drug-likeness (QED) is 0.797. The van der Waals surface area contributed by atoms with Gasteiger partial charge in [-0.2, -0.15) is 0 Å². The van der Waals surface area contributed by atoms with Gasteiger partial charge in [-0.1, -0.05) is 12.1 Å². The molecule has 0 bridgehead atoms. The van der Waals surface area contributed by atoms with Crippen molar-refractivity contribution in [2.45, 2.75) is 25.9 Å². The van der Waals surface area contributed by atoms with Crippen LogP contribution in [0.5, 0.6) is 0 Å². The minimum absolute atomic E-state index is 0.280. The van der Waals surface area contributed by atoms with Gasteiger partial charge in [0, 0.05) is 30.6 Å². The Labute approximate surface area is 152 Å². The summed E-state index contributed by atoms with van der Waals surface area (Å²) in [6, 6.07) is 7.45. The van der Waals surface area contributed by atoms with Crippen molar-refractivity contribution in [1.82, 2.24) is 4.98 Å². The molecule has 1 aromatic heterocycles. The van der Waals surface area contributed by atoms with Crippen molar-refractivity contribution >= 4 is 32.2 Å². The summed E-state index contributed by atoms with van der Waals surface area (Å²) in [5.74, 6) is 0. The largest absolute Gasteiger partial charge is 0.376 e. The van der Waals surface area contributed by atoms with E-state index >= 15 is 0 Å². The molecule has 1 saturated heterocycles. The van der Waals surface area contributed by atoms with E-state index in [0.29, 0.717) is 12.2 Å². The predicted octanol–water partition coefficient (Wildman–Crippen LogP) is 3.19. The van der Waals surface area contributed by atoms with Crippen molar-refractivity contribution < 1.29 is 13.2 Å². The summed E-state index contributed by atoms with van der Waals surface area (Å²) >= 11 is 1.56. The monoisotopic (exact) mass is 381 g/mol. The topological polar surface area (TPSA) is 71.5 Å². The van der Waals surface area contributed by atoms with Gasteiger partial charge < -0.3 is 10.1 Å². The van der Waals surface area contributed by atoms with Gasteiger partial charge in [-0.05, 0) is 31.9 Å². The Morgan fingerprint density at radius 1 is 1.36 bits per heavy atom. The first-order valence-electron chi connectivity index (χ1n) is 8.36. The lowest BCUT2D eigenvalue weighted by atomic mass is 10.1. The molecule has 0 spiro atoms. The summed E-state index contributed by atoms with van der Waals surface area (Å²) in [5.41, 5.74) is 2.52. The lowest BCUT2D eigenvalue weighted by Gasteiger charge is -2.20. The Morgan fingerprint density at radius 3 is 2.72 bits per heavy atom. The SMILES string of the molecule is CCN(c1ccc(-c2csc(NC[C@H]3CCCO3)n2)cc1)S(C)(=O)=O. The van der Waals surface area contributed by atoms with Crippen LogP contribution in [0.15, 0.2) is 29.6 Å². The molecule has 6 nitrogen and oxygen atoms in total. The minimum Gasteiger partial charge on any atom is -0.376 e. The number of thiazole rings is 1. The molecule has 0 amide bonds. The fourth-order valence-electron chi connectivity index (χ4n) is 2.90. The highest BCUT2D eigenvalue weighted by Crippen LogP contribution is 2.27. The van der Waals surface area contributed by atoms with Crippen LogP contribution >= 0.6 is 11.3 Å². The molecule has 0 unspecified atom stereocenters. The number of aromatic nitrogens is 1. The van der Waals surface area contributed by atoms with E-state index in [4.69, 9.17) is 4.74 Å². The zero-order chi connectivity index (χ0) is 17.9. The number of sulfonamides is 1. The highest BCUT2D eigenvalue weighted by atomic mass is 32.2. The summed E-state index contributed by atoms with van der Waals surface area (Å²) < 4.78 is 30.6. The van der Waals surface area contributed by atoms with Crippen LogP contribution in [0.1, 0.15) is 19.8 Å². The third-order valence-corrected chi connectivity index (χ3v) is 6.22. The van der Waals surface area contributed by atoms with E-state index in [2.05, 4.69) is 10.3 Å². The molecule has 2 heterocycles. The summed E-state index contributed by atoms with van der Waals surface area (Å²) in [6.45, 7) is 3.86. The van der Waals surface area contributed by atoms with Gasteiger partial charge in [0.25, 0.3) is 0 Å². The number of hydrogen-bond acceptors (Lipinski definition) is 6. The van der Waals surface area contributed by atoms with Gasteiger partial charge in [0.1, 0.15) is 0 Å². The van der Waals surface area contributed by atoms with Crippen LogP contribution in [-0.2, 0) is 14.8 Å². The van der Waals surface area contributed by atoms with Crippen LogP contribution in [-0.4, -0.2) is 45.5 Å². The van der Waals surface area contributed by atoms with Crippen molar-refractivity contribution in [3.05, 3.63) is 29.6 Å². The zero-order valence-corrected chi connectivity index (χ0v) is 16.1. The number of nitrogens with one attached hydrogen (secondary N) is 1. The molecule has 0 aliphatic carbocycles. The fourth-order valence-corrected chi connectivity index (χ4v) is 4.60. The lowest BCUT2D eigenvalue weighted by Crippen LogP contribution is -2.29. The van der Waals surface area contributed by atoms with Crippen LogP contribution in [0.4, 0.5) is 10.8 Å². The van der Waals surface area contributed by atoms with Crippen molar-refractivity contribution in [1.29, 1.82) is 0 Å². The first-order valence-corrected chi connectivity index (χ1v) is 11.1. The third-order valence-electron chi connectivity index (χ3n) is 4.15. The molecule has 8 heteroatoms. The van der Waals surface area contributed by atoms with Crippen LogP contribution in [0.2, 0.25) is 0 Å². The third kappa shape index (κ3) is 4.50. The van der Waals surface area contributed by atoms with Gasteiger partial charge in [0.15, 0.2) is 5.13 Å². The number of rotatable bonds is 7. The van der Waals surface area contributed by atoms with E-state index in [-0.39, 0.29) is 6.10 Å². The van der Waals surface area contributed by atoms with E-state index in [1.807, 2.05) is 36.6 Å². The summed E-state index contributed by atoms with van der Waals surface area (Å²) in [4.78, 5) is 4.60. The molecular weight excluding hydrogens is 358 g/mol. The van der Waals surface area contributed by atoms with Gasteiger partial charge in [-0.25, -0.2) is 13.4 Å². The predicted molar refractivity (Wildman–Crippen MR) is 103 cm³/mol.